The topological polar surface area (TPSA) is 105 Å². The first kappa shape index (κ1) is 25.2. The van der Waals surface area contributed by atoms with Crippen LogP contribution in [0, 0.1) is 0 Å². The number of fused-ring (bicyclic) bond motifs is 3. The fourth-order valence-electron chi connectivity index (χ4n) is 4.41. The number of alkyl carbamates (subject to hydrolysis) is 1. The third-order valence-corrected chi connectivity index (χ3v) is 6.32. The maximum absolute atomic E-state index is 13.2. The van der Waals surface area contributed by atoms with E-state index in [0.29, 0.717) is 0 Å². The van der Waals surface area contributed by atoms with Crippen molar-refractivity contribution >= 4 is 18.0 Å². The lowest BCUT2D eigenvalue weighted by Gasteiger charge is -2.36. The summed E-state index contributed by atoms with van der Waals surface area (Å²) in [4.78, 5) is 38.9. The number of carbonyl (C=O) groups excluding carboxylic acids is 2. The van der Waals surface area contributed by atoms with E-state index in [0.717, 1.165) is 22.3 Å². The van der Waals surface area contributed by atoms with Crippen LogP contribution in [0.2, 0.25) is 0 Å². The van der Waals surface area contributed by atoms with Gasteiger partial charge >= 0.3 is 12.1 Å². The molecule has 8 nitrogen and oxygen atoms in total. The molecule has 182 valence electrons. The van der Waals surface area contributed by atoms with Crippen molar-refractivity contribution in [2.75, 3.05) is 26.9 Å². The molecule has 0 heterocycles. The van der Waals surface area contributed by atoms with Gasteiger partial charge in [0.1, 0.15) is 18.2 Å². The van der Waals surface area contributed by atoms with E-state index in [2.05, 4.69) is 17.4 Å². The summed E-state index contributed by atoms with van der Waals surface area (Å²) in [5.41, 5.74) is 2.98. The van der Waals surface area contributed by atoms with Crippen molar-refractivity contribution in [3.8, 4) is 11.1 Å². The highest BCUT2D eigenvalue weighted by atomic mass is 16.5. The highest BCUT2D eigenvalue weighted by Gasteiger charge is 2.40. The molecule has 2 aromatic rings. The fraction of sp³-hybridized carbons (Fsp3) is 0.423. The molecule has 1 atom stereocenters. The molecule has 8 heteroatoms. The van der Waals surface area contributed by atoms with Crippen LogP contribution in [0.15, 0.2) is 48.5 Å². The van der Waals surface area contributed by atoms with Gasteiger partial charge in [0.05, 0.1) is 0 Å². The maximum Gasteiger partial charge on any atom is 0.407 e. The van der Waals surface area contributed by atoms with Crippen LogP contribution in [0.3, 0.4) is 0 Å². The van der Waals surface area contributed by atoms with Crippen LogP contribution in [-0.4, -0.2) is 66.4 Å². The summed E-state index contributed by atoms with van der Waals surface area (Å²) < 4.78 is 10.7. The number of amides is 2. The first-order chi connectivity index (χ1) is 16.2. The molecule has 2 amide bonds. The Balaban J connectivity index is 1.72. The minimum atomic E-state index is -1.43. The number of hydrogen-bond acceptors (Lipinski definition) is 5. The number of nitrogens with one attached hydrogen (secondary N) is 1. The molecule has 0 saturated carbocycles. The van der Waals surface area contributed by atoms with Gasteiger partial charge in [-0.2, -0.15) is 0 Å². The van der Waals surface area contributed by atoms with E-state index < -0.39 is 29.6 Å². The number of aliphatic carboxylic acids is 1. The van der Waals surface area contributed by atoms with Crippen LogP contribution in [0.25, 0.3) is 11.1 Å². The van der Waals surface area contributed by atoms with Crippen molar-refractivity contribution in [1.82, 2.24) is 10.2 Å². The number of ether oxygens (including phenoxy) is 2. The van der Waals surface area contributed by atoms with E-state index in [1.807, 2.05) is 36.4 Å². The zero-order valence-electron chi connectivity index (χ0n) is 20.0. The predicted octanol–water partition coefficient (Wildman–Crippen LogP) is 3.64. The number of rotatable bonds is 10. The molecule has 0 fully saturated rings. The molecule has 34 heavy (non-hydrogen) atoms. The second-order valence-electron chi connectivity index (χ2n) is 8.75. The standard InChI is InChI=1S/C26H32N2O6/c1-5-28(26(2,3)24(30)31)23(29)22(14-15-33-4)27-25(32)34-16-21-19-12-8-6-10-17(19)18-11-7-9-13-20(18)21/h6-13,21-22H,5,14-16H2,1-4H3,(H,27,32)(H,30,31). The molecule has 1 aliphatic carbocycles. The Morgan fingerprint density at radius 2 is 1.62 bits per heavy atom. The van der Waals surface area contributed by atoms with Gasteiger partial charge in [-0.15, -0.1) is 0 Å². The van der Waals surface area contributed by atoms with Gasteiger partial charge in [0.15, 0.2) is 0 Å². The summed E-state index contributed by atoms with van der Waals surface area (Å²) in [5, 5.41) is 12.2. The molecule has 0 bridgehead atoms. The summed E-state index contributed by atoms with van der Waals surface area (Å²) in [7, 11) is 1.49. The van der Waals surface area contributed by atoms with Crippen molar-refractivity contribution in [2.24, 2.45) is 0 Å². The Hall–Kier alpha value is -3.39. The van der Waals surface area contributed by atoms with Gasteiger partial charge in [-0.05, 0) is 43.0 Å². The lowest BCUT2D eigenvalue weighted by Crippen LogP contribution is -2.58. The Labute approximate surface area is 199 Å². The molecule has 0 saturated heterocycles. The Bertz CT molecular complexity index is 1010. The number of likely N-dealkylation sites (N-methyl/N-ethyl adjacent to an activating group) is 1. The van der Waals surface area contributed by atoms with Crippen LogP contribution in [0.4, 0.5) is 4.79 Å². The van der Waals surface area contributed by atoms with Crippen molar-refractivity contribution in [2.45, 2.75) is 44.7 Å². The maximum atomic E-state index is 13.2. The van der Waals surface area contributed by atoms with Crippen LogP contribution in [0.5, 0.6) is 0 Å². The van der Waals surface area contributed by atoms with Crippen molar-refractivity contribution in [1.29, 1.82) is 0 Å². The van der Waals surface area contributed by atoms with Gasteiger partial charge in [0.25, 0.3) is 0 Å². The van der Waals surface area contributed by atoms with Gasteiger partial charge in [-0.3, -0.25) is 4.79 Å². The van der Waals surface area contributed by atoms with Crippen LogP contribution in [0.1, 0.15) is 44.2 Å². The number of carboxylic acid groups (broad SMARTS) is 1. The molecule has 0 aromatic heterocycles. The molecule has 2 aromatic carbocycles. The molecular weight excluding hydrogens is 436 g/mol. The quantitative estimate of drug-likeness (QED) is 0.552. The number of carboxylic acids is 1. The largest absolute Gasteiger partial charge is 0.480 e. The van der Waals surface area contributed by atoms with Crippen molar-refractivity contribution in [3.63, 3.8) is 0 Å². The average molecular weight is 469 g/mol. The van der Waals surface area contributed by atoms with E-state index in [-0.39, 0.29) is 32.1 Å². The summed E-state index contributed by atoms with van der Waals surface area (Å²) >= 11 is 0. The minimum absolute atomic E-state index is 0.107. The number of benzene rings is 2. The molecule has 2 N–H and O–H groups in total. The molecule has 3 rings (SSSR count). The fourth-order valence-corrected chi connectivity index (χ4v) is 4.41. The highest BCUT2D eigenvalue weighted by molar-refractivity contribution is 5.91. The van der Waals surface area contributed by atoms with E-state index >= 15 is 0 Å². The Morgan fingerprint density at radius 1 is 1.06 bits per heavy atom. The number of methoxy groups -OCH3 is 1. The second-order valence-corrected chi connectivity index (χ2v) is 8.75. The Kier molecular flexibility index (Phi) is 7.94. The number of nitrogens with zero attached hydrogens (tertiary/aromatic N) is 1. The molecule has 1 aliphatic rings. The zero-order valence-corrected chi connectivity index (χ0v) is 20.0. The van der Waals surface area contributed by atoms with Crippen LogP contribution in [-0.2, 0) is 19.1 Å². The molecule has 0 radical (unpaired) electrons. The lowest BCUT2D eigenvalue weighted by molar-refractivity contribution is -0.157. The molecule has 0 aliphatic heterocycles. The van der Waals surface area contributed by atoms with E-state index in [4.69, 9.17) is 9.47 Å². The van der Waals surface area contributed by atoms with Gasteiger partial charge in [-0.25, -0.2) is 9.59 Å². The molecule has 1 unspecified atom stereocenters. The Morgan fingerprint density at radius 3 is 2.12 bits per heavy atom. The van der Waals surface area contributed by atoms with E-state index in [9.17, 15) is 19.5 Å². The van der Waals surface area contributed by atoms with Gasteiger partial charge in [0.2, 0.25) is 5.91 Å². The normalized spacial score (nSPS) is 13.5. The monoisotopic (exact) mass is 468 g/mol. The van der Waals surface area contributed by atoms with Crippen molar-refractivity contribution < 1.29 is 29.0 Å². The van der Waals surface area contributed by atoms with E-state index in [1.54, 1.807) is 6.92 Å². The number of hydrogen-bond donors (Lipinski definition) is 2. The lowest BCUT2D eigenvalue weighted by atomic mass is 9.98. The third-order valence-electron chi connectivity index (χ3n) is 6.32. The summed E-state index contributed by atoms with van der Waals surface area (Å²) in [6, 6.07) is 15.1. The molecular formula is C26H32N2O6. The minimum Gasteiger partial charge on any atom is -0.480 e. The van der Waals surface area contributed by atoms with E-state index in [1.165, 1.54) is 25.9 Å². The summed E-state index contributed by atoms with van der Waals surface area (Å²) in [6.07, 6.45) is -0.549. The predicted molar refractivity (Wildman–Crippen MR) is 128 cm³/mol. The first-order valence-electron chi connectivity index (χ1n) is 11.4. The van der Waals surface area contributed by atoms with Gasteiger partial charge < -0.3 is 24.8 Å². The average Bonchev–Trinajstić information content (AvgIpc) is 3.14. The smallest absolute Gasteiger partial charge is 0.407 e. The SMILES string of the molecule is CCN(C(=O)C(CCOC)NC(=O)OCC1c2ccccc2-c2ccccc21)C(C)(C)C(=O)O. The van der Waals surface area contributed by atoms with Crippen LogP contribution < -0.4 is 5.32 Å². The summed E-state index contributed by atoms with van der Waals surface area (Å²) in [5.74, 6) is -1.74. The summed E-state index contributed by atoms with van der Waals surface area (Å²) in [6.45, 7) is 5.11. The third kappa shape index (κ3) is 5.07. The van der Waals surface area contributed by atoms with Gasteiger partial charge in [-0.1, -0.05) is 48.5 Å². The number of carbonyl (C=O) groups is 3. The van der Waals surface area contributed by atoms with Crippen LogP contribution >= 0.6 is 0 Å². The zero-order chi connectivity index (χ0) is 24.9. The highest BCUT2D eigenvalue weighted by Crippen LogP contribution is 2.44. The first-order valence-corrected chi connectivity index (χ1v) is 11.4. The van der Waals surface area contributed by atoms with Crippen molar-refractivity contribution in [3.05, 3.63) is 59.7 Å². The second kappa shape index (κ2) is 10.7. The van der Waals surface area contributed by atoms with Gasteiger partial charge in [0, 0.05) is 32.6 Å². The molecule has 0 spiro atoms.